The maximum Gasteiger partial charge on any atom is 0.417 e. The highest BCUT2D eigenvalue weighted by atomic mass is 32.3. The van der Waals surface area contributed by atoms with Gasteiger partial charge in [0.2, 0.25) is 10.0 Å². The number of aromatic nitrogens is 3. The van der Waals surface area contributed by atoms with Gasteiger partial charge in [-0.15, -0.1) is 0 Å². The molecule has 2 fully saturated rings. The molecule has 2 saturated heterocycles. The zero-order valence-electron chi connectivity index (χ0n) is 22.9. The van der Waals surface area contributed by atoms with Crippen molar-refractivity contribution in [1.82, 2.24) is 23.7 Å². The number of fused-ring (bicyclic) bond motifs is 1. The molecular weight excluding hydrogens is 612 g/mol. The van der Waals surface area contributed by atoms with E-state index in [1.807, 2.05) is 16.4 Å². The number of hydrogen-bond acceptors (Lipinski definition) is 9. The molecule has 0 spiro atoms. The standard InChI is InChI=1S/C27H28F4N6O4S2/c1-17(19-3-6-21(28)7-4-19)37-15-32-12-23(37)25-26(38)41-14-22-13-35(9-10-36(22)25)43(39,40)18(2)42-16-34-24-8-5-20(11-33-24)27(29,30)31/h3-8,11-12,15,17,22,25H,2,9-10,13-14,16H2,1H3,(H,33,34). The fourth-order valence-corrected chi connectivity index (χ4v) is 7.51. The van der Waals surface area contributed by atoms with Gasteiger partial charge in [0.05, 0.1) is 41.7 Å². The first kappa shape index (κ1) is 31.0. The Bertz CT molecular complexity index is 1580. The van der Waals surface area contributed by atoms with Crippen LogP contribution in [0.15, 0.2) is 65.9 Å². The van der Waals surface area contributed by atoms with E-state index in [9.17, 15) is 30.8 Å². The normalized spacial score (nSPS) is 20.7. The summed E-state index contributed by atoms with van der Waals surface area (Å²) in [6, 6.07) is 6.58. The summed E-state index contributed by atoms with van der Waals surface area (Å²) in [6.07, 6.45) is -0.642. The molecule has 2 aliphatic rings. The number of ether oxygens (including phenoxy) is 1. The molecule has 3 unspecified atom stereocenters. The minimum Gasteiger partial charge on any atom is -0.463 e. The predicted octanol–water partition coefficient (Wildman–Crippen LogP) is 4.23. The molecule has 43 heavy (non-hydrogen) atoms. The summed E-state index contributed by atoms with van der Waals surface area (Å²) >= 11 is 0.882. The largest absolute Gasteiger partial charge is 0.463 e. The van der Waals surface area contributed by atoms with Crippen molar-refractivity contribution in [2.45, 2.75) is 31.2 Å². The Kier molecular flexibility index (Phi) is 8.83. The number of benzene rings is 1. The van der Waals surface area contributed by atoms with Crippen LogP contribution in [0.2, 0.25) is 0 Å². The molecule has 5 rings (SSSR count). The topological polar surface area (TPSA) is 110 Å². The number of esters is 1. The van der Waals surface area contributed by atoms with Gasteiger partial charge in [0.1, 0.15) is 22.5 Å². The van der Waals surface area contributed by atoms with Gasteiger partial charge < -0.3 is 14.6 Å². The van der Waals surface area contributed by atoms with E-state index in [-0.39, 0.29) is 54.0 Å². The van der Waals surface area contributed by atoms with E-state index in [1.54, 1.807) is 24.7 Å². The van der Waals surface area contributed by atoms with Gasteiger partial charge in [-0.05, 0) is 36.8 Å². The highest BCUT2D eigenvalue weighted by Gasteiger charge is 2.45. The zero-order chi connectivity index (χ0) is 30.9. The van der Waals surface area contributed by atoms with Crippen LogP contribution in [0.1, 0.15) is 35.8 Å². The number of piperazine rings is 1. The number of morpholine rings is 1. The van der Waals surface area contributed by atoms with E-state index in [0.717, 1.165) is 29.5 Å². The minimum absolute atomic E-state index is 0.00374. The van der Waals surface area contributed by atoms with Crippen LogP contribution in [0.4, 0.5) is 23.4 Å². The average Bonchev–Trinajstić information content (AvgIpc) is 3.46. The number of cyclic esters (lactones) is 1. The molecule has 0 saturated carbocycles. The first-order chi connectivity index (χ1) is 20.4. The Morgan fingerprint density at radius 1 is 1.19 bits per heavy atom. The van der Waals surface area contributed by atoms with Crippen LogP contribution in [-0.4, -0.2) is 76.3 Å². The summed E-state index contributed by atoms with van der Waals surface area (Å²) in [5.74, 6) is -0.664. The average molecular weight is 641 g/mol. The van der Waals surface area contributed by atoms with Gasteiger partial charge in [-0.2, -0.15) is 17.5 Å². The van der Waals surface area contributed by atoms with Crippen LogP contribution in [0.5, 0.6) is 0 Å². The lowest BCUT2D eigenvalue weighted by molar-refractivity contribution is -0.166. The molecule has 2 aromatic heterocycles. The van der Waals surface area contributed by atoms with Gasteiger partial charge >= 0.3 is 12.1 Å². The SMILES string of the molecule is C=C(SCNc1ccc(C(F)(F)F)cn1)S(=O)(=O)N1CCN2C(COC(=O)C2c2cncn2C(C)c2ccc(F)cc2)C1. The number of nitrogens with zero attached hydrogens (tertiary/aromatic N) is 5. The molecule has 2 aliphatic heterocycles. The van der Waals surface area contributed by atoms with Crippen molar-refractivity contribution in [1.29, 1.82) is 0 Å². The molecule has 0 aliphatic carbocycles. The van der Waals surface area contributed by atoms with Crippen molar-refractivity contribution < 1.29 is 35.5 Å². The number of pyridine rings is 1. The van der Waals surface area contributed by atoms with E-state index in [4.69, 9.17) is 4.74 Å². The first-order valence-electron chi connectivity index (χ1n) is 13.1. The summed E-state index contributed by atoms with van der Waals surface area (Å²) < 4.78 is 86.8. The fourth-order valence-electron chi connectivity index (χ4n) is 5.06. The number of nitrogens with one attached hydrogen (secondary N) is 1. The van der Waals surface area contributed by atoms with Crippen LogP contribution in [0.3, 0.4) is 0 Å². The van der Waals surface area contributed by atoms with E-state index in [0.29, 0.717) is 11.9 Å². The third kappa shape index (κ3) is 6.56. The monoisotopic (exact) mass is 640 g/mol. The molecule has 10 nitrogen and oxygen atoms in total. The Balaban J connectivity index is 1.23. The van der Waals surface area contributed by atoms with Crippen LogP contribution < -0.4 is 5.32 Å². The van der Waals surface area contributed by atoms with Gasteiger partial charge in [0.25, 0.3) is 0 Å². The van der Waals surface area contributed by atoms with Crippen molar-refractivity contribution >= 4 is 33.6 Å². The Labute approximate surface area is 249 Å². The molecule has 1 N–H and O–H groups in total. The Morgan fingerprint density at radius 3 is 2.60 bits per heavy atom. The second-order valence-corrected chi connectivity index (χ2v) is 13.3. The lowest BCUT2D eigenvalue weighted by atomic mass is 10.0. The van der Waals surface area contributed by atoms with Gasteiger partial charge in [0, 0.05) is 25.8 Å². The van der Waals surface area contributed by atoms with Gasteiger partial charge in [-0.1, -0.05) is 30.5 Å². The number of halogens is 4. The fraction of sp³-hybridized carbons (Fsp3) is 0.370. The second-order valence-electron chi connectivity index (χ2n) is 10.0. The molecule has 0 amide bonds. The number of sulfonamides is 1. The summed E-state index contributed by atoms with van der Waals surface area (Å²) in [5.41, 5.74) is 0.502. The Hall–Kier alpha value is -3.47. The molecule has 3 atom stereocenters. The lowest BCUT2D eigenvalue weighted by Gasteiger charge is -2.46. The number of alkyl halides is 3. The number of carbonyl (C=O) groups is 1. The van der Waals surface area contributed by atoms with Crippen molar-refractivity contribution in [3.63, 3.8) is 0 Å². The van der Waals surface area contributed by atoms with Crippen molar-refractivity contribution in [2.75, 3.05) is 37.4 Å². The highest BCUT2D eigenvalue weighted by Crippen LogP contribution is 2.35. The van der Waals surface area contributed by atoms with Gasteiger partial charge in [-0.3, -0.25) is 4.90 Å². The number of rotatable bonds is 9. The quantitative estimate of drug-likeness (QED) is 0.209. The summed E-state index contributed by atoms with van der Waals surface area (Å²) in [4.78, 5) is 22.9. The number of anilines is 1. The summed E-state index contributed by atoms with van der Waals surface area (Å²) in [6.45, 7) is 6.01. The van der Waals surface area contributed by atoms with Crippen molar-refractivity contribution in [2.24, 2.45) is 0 Å². The van der Waals surface area contributed by atoms with E-state index >= 15 is 0 Å². The molecule has 230 valence electrons. The summed E-state index contributed by atoms with van der Waals surface area (Å²) in [7, 11) is -3.96. The first-order valence-corrected chi connectivity index (χ1v) is 15.6. The van der Waals surface area contributed by atoms with Gasteiger partial charge in [0.15, 0.2) is 6.04 Å². The van der Waals surface area contributed by atoms with Crippen LogP contribution in [0, 0.1) is 5.82 Å². The number of carbonyl (C=O) groups excluding carboxylic acids is 1. The third-order valence-electron chi connectivity index (χ3n) is 7.41. The molecular formula is C27H28F4N6O4S2. The number of hydrogen-bond donors (Lipinski definition) is 1. The van der Waals surface area contributed by atoms with Crippen LogP contribution in [-0.2, 0) is 25.7 Å². The summed E-state index contributed by atoms with van der Waals surface area (Å²) in [5, 5.41) is 2.78. The van der Waals surface area contributed by atoms with Gasteiger partial charge in [-0.25, -0.2) is 27.6 Å². The maximum atomic E-state index is 13.5. The number of thioether (sulfide) groups is 1. The molecule has 4 heterocycles. The molecule has 0 bridgehead atoms. The van der Waals surface area contributed by atoms with Crippen molar-refractivity contribution in [3.05, 3.63) is 88.6 Å². The second kappa shape index (κ2) is 12.3. The maximum absolute atomic E-state index is 13.5. The predicted molar refractivity (Wildman–Crippen MR) is 152 cm³/mol. The van der Waals surface area contributed by atoms with Crippen LogP contribution in [0.25, 0.3) is 0 Å². The zero-order valence-corrected chi connectivity index (χ0v) is 24.5. The van der Waals surface area contributed by atoms with Crippen LogP contribution >= 0.6 is 11.8 Å². The molecule has 16 heteroatoms. The third-order valence-corrected chi connectivity index (χ3v) is 10.6. The highest BCUT2D eigenvalue weighted by molar-refractivity contribution is 8.17. The number of imidazole rings is 1. The lowest BCUT2D eigenvalue weighted by Crippen LogP contribution is -2.61. The van der Waals surface area contributed by atoms with E-state index in [2.05, 4.69) is 21.9 Å². The van der Waals surface area contributed by atoms with E-state index in [1.165, 1.54) is 16.4 Å². The van der Waals surface area contributed by atoms with Crippen molar-refractivity contribution in [3.8, 4) is 0 Å². The molecule has 3 aromatic rings. The van der Waals surface area contributed by atoms with E-state index < -0.39 is 39.8 Å². The smallest absolute Gasteiger partial charge is 0.417 e. The Morgan fingerprint density at radius 2 is 1.93 bits per heavy atom. The molecule has 0 radical (unpaired) electrons. The minimum atomic E-state index is -4.51. The molecule has 1 aromatic carbocycles.